The minimum absolute atomic E-state index is 0.0361. The fraction of sp³-hybridized carbons (Fsp3) is 0.154. The molecule has 1 aromatic heterocycles. The van der Waals surface area contributed by atoms with Gasteiger partial charge in [0.05, 0.1) is 11.5 Å². The molecule has 1 heterocycles. The van der Waals surface area contributed by atoms with E-state index in [0.717, 1.165) is 5.56 Å². The Hall–Kier alpha value is -1.55. The van der Waals surface area contributed by atoms with Crippen LogP contribution in [-0.2, 0) is 6.54 Å². The molecule has 0 N–H and O–H groups in total. The third-order valence-corrected chi connectivity index (χ3v) is 2.95. The van der Waals surface area contributed by atoms with Crippen molar-refractivity contribution in [3.8, 4) is 0 Å². The number of nitrogens with zero attached hydrogens (tertiary/aromatic N) is 2. The highest BCUT2D eigenvalue weighted by Gasteiger charge is 2.17. The Kier molecular flexibility index (Phi) is 3.98. The van der Waals surface area contributed by atoms with Crippen molar-refractivity contribution < 1.29 is 9.36 Å². The van der Waals surface area contributed by atoms with Gasteiger partial charge in [-0.3, -0.25) is 9.78 Å². The predicted octanol–water partition coefficient (Wildman–Crippen LogP) is 2.00. The van der Waals surface area contributed by atoms with Gasteiger partial charge >= 0.3 is 0 Å². The third-order valence-electron chi connectivity index (χ3n) is 2.44. The molecule has 2 rings (SSSR count). The Morgan fingerprint density at radius 2 is 2.06 bits per heavy atom. The number of hydrogen-bond donors (Lipinski definition) is 0. The summed E-state index contributed by atoms with van der Waals surface area (Å²) in [6.07, 6.45) is 5.11. The molecule has 0 saturated carbocycles. The maximum atomic E-state index is 11.7. The number of benzene rings is 1. The molecular formula is C13H12BrN2O+. The first-order chi connectivity index (χ1) is 8.31. The molecule has 0 aliphatic heterocycles. The Morgan fingerprint density at radius 1 is 1.29 bits per heavy atom. The van der Waals surface area contributed by atoms with E-state index < -0.39 is 0 Å². The Bertz CT molecular complexity index is 514. The second kappa shape index (κ2) is 5.68. The highest BCUT2D eigenvalue weighted by Crippen LogP contribution is 2.00. The smallest absolute Gasteiger partial charge is 0.268 e. The molecule has 0 amide bonds. The number of aromatic nitrogens is 2. The second-order valence-electron chi connectivity index (χ2n) is 3.63. The van der Waals surface area contributed by atoms with E-state index in [-0.39, 0.29) is 5.78 Å². The average molecular weight is 292 g/mol. The Balaban J connectivity index is 2.30. The molecule has 0 saturated heterocycles. The Labute approximate surface area is 108 Å². The molecule has 0 unspecified atom stereocenters. The van der Waals surface area contributed by atoms with Crippen molar-refractivity contribution in [2.45, 2.75) is 6.54 Å². The zero-order chi connectivity index (χ0) is 12.1. The summed E-state index contributed by atoms with van der Waals surface area (Å²) in [7, 11) is 0. The predicted molar refractivity (Wildman–Crippen MR) is 68.1 cm³/mol. The fourth-order valence-electron chi connectivity index (χ4n) is 1.61. The highest BCUT2D eigenvalue weighted by molar-refractivity contribution is 9.09. The van der Waals surface area contributed by atoms with E-state index in [2.05, 4.69) is 20.9 Å². The summed E-state index contributed by atoms with van der Waals surface area (Å²) in [5, 5.41) is 0.313. The van der Waals surface area contributed by atoms with Gasteiger partial charge in [-0.15, -0.1) is 0 Å². The van der Waals surface area contributed by atoms with Gasteiger partial charge in [-0.1, -0.05) is 46.3 Å². The van der Waals surface area contributed by atoms with Gasteiger partial charge in [-0.05, 0) is 0 Å². The van der Waals surface area contributed by atoms with E-state index in [1.807, 2.05) is 41.1 Å². The number of carbonyl (C=O) groups excluding carboxylic acids is 1. The first-order valence-electron chi connectivity index (χ1n) is 5.28. The zero-order valence-electron chi connectivity index (χ0n) is 9.21. The molecule has 4 heteroatoms. The fourth-order valence-corrected chi connectivity index (χ4v) is 1.89. The molecule has 0 fully saturated rings. The standard InChI is InChI=1S/C13H12BrN2O/c14-8-13(17)12-9-15-6-7-16(12)10-11-4-2-1-3-5-11/h1-7,9H,8,10H2/q+1. The molecule has 0 aliphatic carbocycles. The molecule has 2 aromatic rings. The van der Waals surface area contributed by atoms with Gasteiger partial charge in [-0.2, -0.15) is 4.57 Å². The summed E-state index contributed by atoms with van der Waals surface area (Å²) < 4.78 is 1.91. The van der Waals surface area contributed by atoms with Crippen molar-refractivity contribution in [2.24, 2.45) is 0 Å². The molecule has 0 radical (unpaired) electrons. The monoisotopic (exact) mass is 291 g/mol. The van der Waals surface area contributed by atoms with Crippen molar-refractivity contribution in [2.75, 3.05) is 5.33 Å². The average Bonchev–Trinajstić information content (AvgIpc) is 2.40. The van der Waals surface area contributed by atoms with Gasteiger partial charge in [-0.25, -0.2) is 0 Å². The zero-order valence-corrected chi connectivity index (χ0v) is 10.8. The highest BCUT2D eigenvalue weighted by atomic mass is 79.9. The first-order valence-corrected chi connectivity index (χ1v) is 6.40. The molecule has 0 aliphatic rings. The van der Waals surface area contributed by atoms with Crippen molar-refractivity contribution in [3.05, 3.63) is 60.2 Å². The van der Waals surface area contributed by atoms with E-state index in [0.29, 0.717) is 17.6 Å². The lowest BCUT2D eigenvalue weighted by Crippen LogP contribution is -2.41. The van der Waals surface area contributed by atoms with E-state index in [4.69, 9.17) is 0 Å². The quantitative estimate of drug-likeness (QED) is 0.490. The number of alkyl halides is 1. The number of carbonyl (C=O) groups is 1. The Morgan fingerprint density at radius 3 is 2.76 bits per heavy atom. The van der Waals surface area contributed by atoms with E-state index in [1.165, 1.54) is 0 Å². The summed E-state index contributed by atoms with van der Waals surface area (Å²) in [6.45, 7) is 0.678. The first kappa shape index (κ1) is 11.9. The molecule has 3 nitrogen and oxygen atoms in total. The molecule has 86 valence electrons. The lowest BCUT2D eigenvalue weighted by Gasteiger charge is -2.01. The molecule has 0 atom stereocenters. The summed E-state index contributed by atoms with van der Waals surface area (Å²) in [6, 6.07) is 10.0. The maximum absolute atomic E-state index is 11.7. The van der Waals surface area contributed by atoms with Gasteiger partial charge in [0.15, 0.2) is 12.7 Å². The van der Waals surface area contributed by atoms with E-state index >= 15 is 0 Å². The largest absolute Gasteiger partial charge is 0.286 e. The summed E-state index contributed by atoms with van der Waals surface area (Å²) in [5.41, 5.74) is 1.78. The number of hydrogen-bond acceptors (Lipinski definition) is 2. The van der Waals surface area contributed by atoms with Crippen molar-refractivity contribution in [1.82, 2.24) is 4.98 Å². The molecule has 0 spiro atoms. The van der Waals surface area contributed by atoms with Gasteiger partial charge in [0.25, 0.3) is 5.69 Å². The van der Waals surface area contributed by atoms with Crippen LogP contribution in [0.15, 0.2) is 48.9 Å². The van der Waals surface area contributed by atoms with Gasteiger partial charge in [0.2, 0.25) is 5.78 Å². The SMILES string of the molecule is O=C(CBr)c1cncc[n+]1Cc1ccccc1. The summed E-state index contributed by atoms with van der Waals surface area (Å²) in [5.74, 6) is 0.0361. The van der Waals surface area contributed by atoms with Crippen LogP contribution in [0.25, 0.3) is 0 Å². The van der Waals surface area contributed by atoms with Crippen LogP contribution in [0.3, 0.4) is 0 Å². The van der Waals surface area contributed by atoms with Crippen molar-refractivity contribution >= 4 is 21.7 Å². The van der Waals surface area contributed by atoms with Crippen LogP contribution in [0.2, 0.25) is 0 Å². The van der Waals surface area contributed by atoms with Crippen molar-refractivity contribution in [1.29, 1.82) is 0 Å². The van der Waals surface area contributed by atoms with Crippen LogP contribution in [0, 0.1) is 0 Å². The van der Waals surface area contributed by atoms with Crippen LogP contribution in [0.5, 0.6) is 0 Å². The van der Waals surface area contributed by atoms with Crippen LogP contribution in [-0.4, -0.2) is 16.1 Å². The molecule has 1 aromatic carbocycles. The van der Waals surface area contributed by atoms with Crippen LogP contribution < -0.4 is 4.57 Å². The maximum Gasteiger partial charge on any atom is 0.268 e. The van der Waals surface area contributed by atoms with E-state index in [9.17, 15) is 4.79 Å². The normalized spacial score (nSPS) is 10.2. The lowest BCUT2D eigenvalue weighted by molar-refractivity contribution is -0.690. The van der Waals surface area contributed by atoms with Crippen LogP contribution >= 0.6 is 15.9 Å². The number of rotatable bonds is 4. The van der Waals surface area contributed by atoms with Crippen LogP contribution in [0.4, 0.5) is 0 Å². The summed E-state index contributed by atoms with van der Waals surface area (Å²) >= 11 is 3.18. The van der Waals surface area contributed by atoms with E-state index in [1.54, 1.807) is 12.4 Å². The minimum Gasteiger partial charge on any atom is -0.286 e. The topological polar surface area (TPSA) is 33.8 Å². The van der Waals surface area contributed by atoms with Gasteiger partial charge in [0, 0.05) is 5.56 Å². The minimum atomic E-state index is 0.0361. The van der Waals surface area contributed by atoms with Gasteiger partial charge in [0.1, 0.15) is 6.20 Å². The number of ketones is 1. The second-order valence-corrected chi connectivity index (χ2v) is 4.19. The number of halogens is 1. The lowest BCUT2D eigenvalue weighted by atomic mass is 10.2. The number of Topliss-reactive ketones (excluding diaryl/α,β-unsaturated/α-hetero) is 1. The molecule has 17 heavy (non-hydrogen) atoms. The summed E-state index contributed by atoms with van der Waals surface area (Å²) in [4.78, 5) is 15.7. The molecule has 0 bridgehead atoms. The van der Waals surface area contributed by atoms with Crippen LogP contribution in [0.1, 0.15) is 16.1 Å². The molecular weight excluding hydrogens is 280 g/mol. The third kappa shape index (κ3) is 2.97. The van der Waals surface area contributed by atoms with Crippen molar-refractivity contribution in [3.63, 3.8) is 0 Å². The van der Waals surface area contributed by atoms with Gasteiger partial charge < -0.3 is 0 Å².